The number of carboxylic acid groups (broad SMARTS) is 2. The Balaban J connectivity index is 2.55. The van der Waals surface area contributed by atoms with E-state index >= 15 is 0 Å². The number of aromatic carboxylic acids is 2. The van der Waals surface area contributed by atoms with E-state index in [1.807, 2.05) is 0 Å². The highest BCUT2D eigenvalue weighted by Gasteiger charge is 2.16. The zero-order chi connectivity index (χ0) is 15.6. The van der Waals surface area contributed by atoms with Crippen LogP contribution in [0.5, 0.6) is 0 Å². The fraction of sp³-hybridized carbons (Fsp3) is 0.0667. The molecule has 0 unspecified atom stereocenters. The molecular formula is C15H12ClNO4. The van der Waals surface area contributed by atoms with Gasteiger partial charge in [0, 0.05) is 5.02 Å². The highest BCUT2D eigenvalue weighted by atomic mass is 35.5. The molecule has 108 valence electrons. The van der Waals surface area contributed by atoms with Crippen LogP contribution >= 0.6 is 11.6 Å². The van der Waals surface area contributed by atoms with Crippen LogP contribution in [-0.4, -0.2) is 22.2 Å². The molecule has 0 bridgehead atoms. The van der Waals surface area contributed by atoms with Crippen LogP contribution in [-0.2, 0) is 0 Å². The van der Waals surface area contributed by atoms with Crippen LogP contribution < -0.4 is 5.32 Å². The predicted octanol–water partition coefficient (Wildman–Crippen LogP) is 3.79. The summed E-state index contributed by atoms with van der Waals surface area (Å²) in [6.45, 7) is 1.74. The van der Waals surface area contributed by atoms with Crippen LogP contribution in [0.3, 0.4) is 0 Å². The largest absolute Gasteiger partial charge is 0.478 e. The topological polar surface area (TPSA) is 86.6 Å². The Labute approximate surface area is 125 Å². The molecule has 0 radical (unpaired) electrons. The van der Waals surface area contributed by atoms with E-state index in [4.69, 9.17) is 11.6 Å². The van der Waals surface area contributed by atoms with E-state index in [2.05, 4.69) is 5.32 Å². The van der Waals surface area contributed by atoms with Gasteiger partial charge in [-0.2, -0.15) is 0 Å². The Morgan fingerprint density at radius 3 is 2.33 bits per heavy atom. The lowest BCUT2D eigenvalue weighted by Crippen LogP contribution is -2.07. The molecule has 6 heteroatoms. The summed E-state index contributed by atoms with van der Waals surface area (Å²) in [5.41, 5.74) is 1.35. The molecule has 2 aromatic rings. The van der Waals surface area contributed by atoms with Crippen molar-refractivity contribution in [3.05, 3.63) is 58.1 Å². The molecule has 2 rings (SSSR count). The van der Waals surface area contributed by atoms with Gasteiger partial charge < -0.3 is 15.5 Å². The van der Waals surface area contributed by atoms with Gasteiger partial charge in [0.05, 0.1) is 22.5 Å². The Kier molecular flexibility index (Phi) is 4.14. The number of para-hydroxylation sites is 1. The van der Waals surface area contributed by atoms with Crippen molar-refractivity contribution in [1.82, 2.24) is 0 Å². The summed E-state index contributed by atoms with van der Waals surface area (Å²) in [5.74, 6) is -2.22. The highest BCUT2D eigenvalue weighted by molar-refractivity contribution is 6.31. The minimum absolute atomic E-state index is 0.0130. The van der Waals surface area contributed by atoms with Crippen LogP contribution in [0.25, 0.3) is 0 Å². The number of anilines is 2. The zero-order valence-corrected chi connectivity index (χ0v) is 11.8. The van der Waals surface area contributed by atoms with Crippen molar-refractivity contribution in [3.63, 3.8) is 0 Å². The molecule has 0 spiro atoms. The second-order valence-electron chi connectivity index (χ2n) is 4.42. The number of halogens is 1. The summed E-state index contributed by atoms with van der Waals surface area (Å²) in [5, 5.41) is 21.6. The third-order valence-electron chi connectivity index (χ3n) is 2.97. The number of hydrogen-bond acceptors (Lipinski definition) is 3. The SMILES string of the molecule is Cc1cccc(C(=O)O)c1Nc1cc(Cl)ccc1C(=O)O. The molecule has 0 saturated heterocycles. The Morgan fingerprint density at radius 1 is 1.05 bits per heavy atom. The third-order valence-corrected chi connectivity index (χ3v) is 3.21. The summed E-state index contributed by atoms with van der Waals surface area (Å²) in [4.78, 5) is 22.5. The van der Waals surface area contributed by atoms with Gasteiger partial charge in [-0.3, -0.25) is 0 Å². The van der Waals surface area contributed by atoms with Gasteiger partial charge >= 0.3 is 11.9 Å². The average molecular weight is 306 g/mol. The fourth-order valence-corrected chi connectivity index (χ4v) is 2.13. The molecular weight excluding hydrogens is 294 g/mol. The molecule has 0 aliphatic heterocycles. The van der Waals surface area contributed by atoms with E-state index in [-0.39, 0.29) is 16.8 Å². The minimum atomic E-state index is -1.13. The first-order valence-electron chi connectivity index (χ1n) is 6.03. The molecule has 0 aliphatic carbocycles. The number of hydrogen-bond donors (Lipinski definition) is 3. The second kappa shape index (κ2) is 5.85. The number of nitrogens with one attached hydrogen (secondary N) is 1. The molecule has 5 nitrogen and oxygen atoms in total. The van der Waals surface area contributed by atoms with Crippen LogP contribution in [0.1, 0.15) is 26.3 Å². The molecule has 0 amide bonds. The summed E-state index contributed by atoms with van der Waals surface area (Å²) >= 11 is 5.88. The van der Waals surface area contributed by atoms with Crippen molar-refractivity contribution in [2.24, 2.45) is 0 Å². The van der Waals surface area contributed by atoms with E-state index in [0.717, 1.165) is 0 Å². The first-order chi connectivity index (χ1) is 9.90. The molecule has 3 N–H and O–H groups in total. The monoisotopic (exact) mass is 305 g/mol. The van der Waals surface area contributed by atoms with E-state index in [0.29, 0.717) is 16.3 Å². The molecule has 0 heterocycles. The van der Waals surface area contributed by atoms with E-state index < -0.39 is 11.9 Å². The van der Waals surface area contributed by atoms with Gasteiger partial charge in [-0.1, -0.05) is 23.7 Å². The summed E-state index contributed by atoms with van der Waals surface area (Å²) in [6, 6.07) is 9.09. The maximum absolute atomic E-state index is 11.3. The van der Waals surface area contributed by atoms with Crippen molar-refractivity contribution in [3.8, 4) is 0 Å². The molecule has 0 atom stereocenters. The van der Waals surface area contributed by atoms with Gasteiger partial charge in [-0.05, 0) is 36.8 Å². The highest BCUT2D eigenvalue weighted by Crippen LogP contribution is 2.29. The summed E-state index contributed by atoms with van der Waals surface area (Å²) in [7, 11) is 0. The van der Waals surface area contributed by atoms with Crippen molar-refractivity contribution in [2.75, 3.05) is 5.32 Å². The van der Waals surface area contributed by atoms with Gasteiger partial charge in [0.2, 0.25) is 0 Å². The summed E-state index contributed by atoms with van der Waals surface area (Å²) in [6.07, 6.45) is 0. The number of carbonyl (C=O) groups is 2. The second-order valence-corrected chi connectivity index (χ2v) is 4.86. The van der Waals surface area contributed by atoms with Crippen molar-refractivity contribution >= 4 is 34.9 Å². The van der Waals surface area contributed by atoms with Gasteiger partial charge in [-0.25, -0.2) is 9.59 Å². The van der Waals surface area contributed by atoms with Gasteiger partial charge in [-0.15, -0.1) is 0 Å². The van der Waals surface area contributed by atoms with Crippen molar-refractivity contribution in [1.29, 1.82) is 0 Å². The molecule has 2 aromatic carbocycles. The lowest BCUT2D eigenvalue weighted by molar-refractivity contribution is 0.0688. The van der Waals surface area contributed by atoms with E-state index in [1.54, 1.807) is 19.1 Å². The summed E-state index contributed by atoms with van der Waals surface area (Å²) < 4.78 is 0. The first-order valence-corrected chi connectivity index (χ1v) is 6.40. The maximum atomic E-state index is 11.3. The molecule has 0 saturated carbocycles. The average Bonchev–Trinajstić information content (AvgIpc) is 2.40. The molecule has 21 heavy (non-hydrogen) atoms. The lowest BCUT2D eigenvalue weighted by atomic mass is 10.1. The van der Waals surface area contributed by atoms with Crippen molar-refractivity contribution in [2.45, 2.75) is 6.92 Å². The molecule has 0 fully saturated rings. The van der Waals surface area contributed by atoms with Gasteiger partial charge in [0.25, 0.3) is 0 Å². The normalized spacial score (nSPS) is 10.2. The van der Waals surface area contributed by atoms with Gasteiger partial charge in [0.1, 0.15) is 0 Å². The number of aryl methyl sites for hydroxylation is 1. The standard InChI is InChI=1S/C15H12ClNO4/c1-8-3-2-4-11(15(20)21)13(8)17-12-7-9(16)5-6-10(12)14(18)19/h2-7,17H,1H3,(H,18,19)(H,20,21). The molecule has 0 aliphatic rings. The quantitative estimate of drug-likeness (QED) is 0.800. The Hall–Kier alpha value is -2.53. The van der Waals surface area contributed by atoms with Crippen LogP contribution in [0.4, 0.5) is 11.4 Å². The van der Waals surface area contributed by atoms with E-state index in [1.165, 1.54) is 24.3 Å². The van der Waals surface area contributed by atoms with Crippen LogP contribution in [0.2, 0.25) is 5.02 Å². The van der Waals surface area contributed by atoms with Crippen molar-refractivity contribution < 1.29 is 19.8 Å². The zero-order valence-electron chi connectivity index (χ0n) is 11.1. The fourth-order valence-electron chi connectivity index (χ4n) is 1.95. The first kappa shape index (κ1) is 14.9. The number of carboxylic acids is 2. The van der Waals surface area contributed by atoms with E-state index in [9.17, 15) is 19.8 Å². The Morgan fingerprint density at radius 2 is 1.71 bits per heavy atom. The third kappa shape index (κ3) is 3.14. The Bertz CT molecular complexity index is 728. The predicted molar refractivity (Wildman–Crippen MR) is 79.8 cm³/mol. The lowest BCUT2D eigenvalue weighted by Gasteiger charge is -2.14. The maximum Gasteiger partial charge on any atom is 0.337 e. The smallest absolute Gasteiger partial charge is 0.337 e. The number of benzene rings is 2. The number of rotatable bonds is 4. The minimum Gasteiger partial charge on any atom is -0.478 e. The van der Waals surface area contributed by atoms with Crippen LogP contribution in [0.15, 0.2) is 36.4 Å². The molecule has 0 aromatic heterocycles. The van der Waals surface area contributed by atoms with Gasteiger partial charge in [0.15, 0.2) is 0 Å². The van der Waals surface area contributed by atoms with Crippen LogP contribution in [0, 0.1) is 6.92 Å².